The molecule has 0 amide bonds. The number of ether oxygens (including phenoxy) is 2. The predicted molar refractivity (Wildman–Crippen MR) is 84.8 cm³/mol. The minimum atomic E-state index is -0.262. The molecule has 1 aromatic rings. The van der Waals surface area contributed by atoms with E-state index in [2.05, 4.69) is 32.0 Å². The third-order valence-electron chi connectivity index (χ3n) is 6.21. The molecule has 2 aliphatic heterocycles. The molecule has 4 rings (SSSR count). The fourth-order valence-corrected chi connectivity index (χ4v) is 5.47. The van der Waals surface area contributed by atoms with Crippen LogP contribution in [0.25, 0.3) is 0 Å². The van der Waals surface area contributed by atoms with Gasteiger partial charge in [0.25, 0.3) is 0 Å². The second-order valence-electron chi connectivity index (χ2n) is 7.46. The summed E-state index contributed by atoms with van der Waals surface area (Å²) in [5.74, 6) is 0. The summed E-state index contributed by atoms with van der Waals surface area (Å²) < 4.78 is 12.7. The standard InChI is InChI=1S/C19H26O3/c1-13-9-14(2)11-15(10-13)17-18-5-3-4-6-19(18,21-8-7-18)16(12-20)22-17/h9-11,16-17,20H,3-8,12H2,1-2H3/t16-,17+,18-,19+/m0/s1. The SMILES string of the molecule is Cc1cc(C)cc([C@H]2O[C@@H](CO)[C@]34CCCC[C@]23CCO4)c1. The average molecular weight is 302 g/mol. The van der Waals surface area contributed by atoms with Crippen LogP contribution in [0, 0.1) is 19.3 Å². The zero-order valence-corrected chi connectivity index (χ0v) is 13.6. The molecule has 0 bridgehead atoms. The lowest BCUT2D eigenvalue weighted by molar-refractivity contribution is -0.115. The molecular weight excluding hydrogens is 276 g/mol. The number of aliphatic hydroxyl groups excluding tert-OH is 1. The summed E-state index contributed by atoms with van der Waals surface area (Å²) in [5.41, 5.74) is 3.62. The van der Waals surface area contributed by atoms with Crippen molar-refractivity contribution in [3.8, 4) is 0 Å². The molecule has 2 heterocycles. The average Bonchev–Trinajstić information content (AvgIpc) is 2.99. The van der Waals surface area contributed by atoms with E-state index in [1.807, 2.05) is 0 Å². The second-order valence-corrected chi connectivity index (χ2v) is 7.46. The Bertz CT molecular complexity index is 564. The molecule has 3 heteroatoms. The van der Waals surface area contributed by atoms with Gasteiger partial charge < -0.3 is 14.6 Å². The molecule has 4 atom stereocenters. The summed E-state index contributed by atoms with van der Waals surface area (Å²) in [6.07, 6.45) is 5.55. The van der Waals surface area contributed by atoms with E-state index in [-0.39, 0.29) is 29.8 Å². The Morgan fingerprint density at radius 3 is 2.55 bits per heavy atom. The highest BCUT2D eigenvalue weighted by atomic mass is 16.6. The van der Waals surface area contributed by atoms with Gasteiger partial charge in [-0.25, -0.2) is 0 Å². The fourth-order valence-electron chi connectivity index (χ4n) is 5.47. The molecule has 0 unspecified atom stereocenters. The first kappa shape index (κ1) is 14.7. The first-order valence-corrected chi connectivity index (χ1v) is 8.60. The van der Waals surface area contributed by atoms with Crippen molar-refractivity contribution in [2.45, 2.75) is 63.8 Å². The molecule has 22 heavy (non-hydrogen) atoms. The summed E-state index contributed by atoms with van der Waals surface area (Å²) >= 11 is 0. The van der Waals surface area contributed by atoms with Crippen molar-refractivity contribution >= 4 is 0 Å². The summed E-state index contributed by atoms with van der Waals surface area (Å²) in [6.45, 7) is 5.15. The van der Waals surface area contributed by atoms with Gasteiger partial charge in [-0.3, -0.25) is 0 Å². The smallest absolute Gasteiger partial charge is 0.111 e. The molecule has 1 aliphatic carbocycles. The Hall–Kier alpha value is -0.900. The monoisotopic (exact) mass is 302 g/mol. The summed E-state index contributed by atoms with van der Waals surface area (Å²) in [7, 11) is 0. The normalized spacial score (nSPS) is 40.5. The molecule has 3 fully saturated rings. The number of aliphatic hydroxyl groups is 1. The summed E-state index contributed by atoms with van der Waals surface area (Å²) in [4.78, 5) is 0. The van der Waals surface area contributed by atoms with Gasteiger partial charge in [0, 0.05) is 12.0 Å². The Morgan fingerprint density at radius 1 is 1.09 bits per heavy atom. The lowest BCUT2D eigenvalue weighted by atomic mass is 9.59. The van der Waals surface area contributed by atoms with Crippen LogP contribution >= 0.6 is 0 Å². The molecule has 2 saturated heterocycles. The van der Waals surface area contributed by atoms with Crippen LogP contribution in [0.2, 0.25) is 0 Å². The predicted octanol–water partition coefficient (Wildman–Crippen LogP) is 3.46. The first-order valence-electron chi connectivity index (χ1n) is 8.60. The van der Waals surface area contributed by atoms with Crippen molar-refractivity contribution in [1.82, 2.24) is 0 Å². The number of benzene rings is 1. The van der Waals surface area contributed by atoms with E-state index in [0.29, 0.717) is 0 Å². The van der Waals surface area contributed by atoms with E-state index in [9.17, 15) is 5.11 Å². The Labute approximate surface area is 132 Å². The Balaban J connectivity index is 1.83. The molecule has 3 nitrogen and oxygen atoms in total. The highest BCUT2D eigenvalue weighted by molar-refractivity contribution is 5.34. The van der Waals surface area contributed by atoms with Crippen LogP contribution in [0.3, 0.4) is 0 Å². The molecule has 0 aromatic heterocycles. The van der Waals surface area contributed by atoms with E-state index >= 15 is 0 Å². The molecule has 0 spiro atoms. The zero-order chi connectivity index (χ0) is 15.4. The maximum absolute atomic E-state index is 9.91. The van der Waals surface area contributed by atoms with Gasteiger partial charge in [-0.05, 0) is 38.7 Å². The van der Waals surface area contributed by atoms with Crippen molar-refractivity contribution < 1.29 is 14.6 Å². The molecule has 1 saturated carbocycles. The Kier molecular flexibility index (Phi) is 3.37. The molecule has 3 aliphatic rings. The van der Waals surface area contributed by atoms with Crippen LogP contribution < -0.4 is 0 Å². The summed E-state index contributed by atoms with van der Waals surface area (Å²) in [5, 5.41) is 9.91. The highest BCUT2D eigenvalue weighted by Gasteiger charge is 2.70. The van der Waals surface area contributed by atoms with Crippen LogP contribution in [0.1, 0.15) is 54.9 Å². The van der Waals surface area contributed by atoms with Crippen molar-refractivity contribution in [1.29, 1.82) is 0 Å². The van der Waals surface area contributed by atoms with Gasteiger partial charge in [-0.2, -0.15) is 0 Å². The number of aryl methyl sites for hydroxylation is 2. The van der Waals surface area contributed by atoms with Crippen LogP contribution in [0.4, 0.5) is 0 Å². The second kappa shape index (κ2) is 5.05. The van der Waals surface area contributed by atoms with Gasteiger partial charge in [0.1, 0.15) is 11.7 Å². The molecule has 0 radical (unpaired) electrons. The molecule has 120 valence electrons. The van der Waals surface area contributed by atoms with Crippen LogP contribution in [-0.2, 0) is 9.47 Å². The van der Waals surface area contributed by atoms with E-state index in [1.54, 1.807) is 0 Å². The fraction of sp³-hybridized carbons (Fsp3) is 0.684. The minimum Gasteiger partial charge on any atom is -0.394 e. The lowest BCUT2D eigenvalue weighted by Crippen LogP contribution is -2.52. The molecule has 1 aromatic carbocycles. The van der Waals surface area contributed by atoms with E-state index in [0.717, 1.165) is 25.9 Å². The van der Waals surface area contributed by atoms with Crippen LogP contribution in [0.15, 0.2) is 18.2 Å². The first-order chi connectivity index (χ1) is 10.6. The number of hydrogen-bond acceptors (Lipinski definition) is 3. The molecular formula is C19H26O3. The van der Waals surface area contributed by atoms with Gasteiger partial charge in [-0.15, -0.1) is 0 Å². The van der Waals surface area contributed by atoms with Crippen molar-refractivity contribution in [2.75, 3.05) is 13.2 Å². The van der Waals surface area contributed by atoms with Gasteiger partial charge >= 0.3 is 0 Å². The molecule has 1 N–H and O–H groups in total. The van der Waals surface area contributed by atoms with E-state index in [4.69, 9.17) is 9.47 Å². The third kappa shape index (κ3) is 1.79. The van der Waals surface area contributed by atoms with Crippen molar-refractivity contribution in [2.24, 2.45) is 5.41 Å². The topological polar surface area (TPSA) is 38.7 Å². The zero-order valence-electron chi connectivity index (χ0n) is 13.6. The highest BCUT2D eigenvalue weighted by Crippen LogP contribution is 2.67. The third-order valence-corrected chi connectivity index (χ3v) is 6.21. The van der Waals surface area contributed by atoms with Crippen LogP contribution in [0.5, 0.6) is 0 Å². The maximum Gasteiger partial charge on any atom is 0.111 e. The quantitative estimate of drug-likeness (QED) is 0.909. The van der Waals surface area contributed by atoms with Gasteiger partial charge in [0.15, 0.2) is 0 Å². The lowest BCUT2D eigenvalue weighted by Gasteiger charge is -2.45. The minimum absolute atomic E-state index is 0.0544. The summed E-state index contributed by atoms with van der Waals surface area (Å²) in [6, 6.07) is 6.71. The maximum atomic E-state index is 9.91. The van der Waals surface area contributed by atoms with E-state index in [1.165, 1.54) is 29.5 Å². The van der Waals surface area contributed by atoms with Crippen molar-refractivity contribution in [3.63, 3.8) is 0 Å². The van der Waals surface area contributed by atoms with Gasteiger partial charge in [-0.1, -0.05) is 42.2 Å². The number of rotatable bonds is 2. The van der Waals surface area contributed by atoms with Gasteiger partial charge in [0.2, 0.25) is 0 Å². The van der Waals surface area contributed by atoms with Gasteiger partial charge in [0.05, 0.1) is 12.7 Å². The van der Waals surface area contributed by atoms with Crippen molar-refractivity contribution in [3.05, 3.63) is 34.9 Å². The number of hydrogen-bond donors (Lipinski definition) is 1. The Morgan fingerprint density at radius 2 is 1.82 bits per heavy atom. The van der Waals surface area contributed by atoms with E-state index < -0.39 is 0 Å². The van der Waals surface area contributed by atoms with Crippen LogP contribution in [-0.4, -0.2) is 30.0 Å². The largest absolute Gasteiger partial charge is 0.394 e.